The molecule has 0 bridgehead atoms. The van der Waals surface area contributed by atoms with E-state index in [1.165, 1.54) is 18.4 Å². The molecule has 126 valence electrons. The van der Waals surface area contributed by atoms with Gasteiger partial charge < -0.3 is 14.8 Å². The van der Waals surface area contributed by atoms with E-state index in [0.29, 0.717) is 6.47 Å². The van der Waals surface area contributed by atoms with Crippen LogP contribution in [0, 0.1) is 0 Å². The van der Waals surface area contributed by atoms with Crippen molar-refractivity contribution < 1.29 is 23.9 Å². The quantitative estimate of drug-likeness (QED) is 0.450. The first-order valence-electron chi connectivity index (χ1n) is 7.19. The van der Waals surface area contributed by atoms with Gasteiger partial charge in [-0.15, -0.1) is 11.3 Å². The lowest BCUT2D eigenvalue weighted by Crippen LogP contribution is -2.32. The number of hydrogen-bond donors (Lipinski definition) is 1. The van der Waals surface area contributed by atoms with E-state index in [4.69, 9.17) is 4.74 Å². The first-order chi connectivity index (χ1) is 11.6. The fraction of sp³-hybridized carbons (Fsp3) is 0.235. The Bertz CT molecular complexity index is 698. The highest BCUT2D eigenvalue weighted by atomic mass is 32.1. The van der Waals surface area contributed by atoms with Gasteiger partial charge in [-0.1, -0.05) is 30.3 Å². The molecule has 2 rings (SSSR count). The van der Waals surface area contributed by atoms with E-state index in [2.05, 4.69) is 10.1 Å². The first-order valence-corrected chi connectivity index (χ1v) is 8.07. The third kappa shape index (κ3) is 4.92. The number of benzene rings is 1. The Balaban J connectivity index is 2.12. The van der Waals surface area contributed by atoms with E-state index in [1.807, 2.05) is 41.8 Å². The van der Waals surface area contributed by atoms with Crippen LogP contribution in [0.2, 0.25) is 0 Å². The van der Waals surface area contributed by atoms with Crippen LogP contribution in [0.5, 0.6) is 0 Å². The summed E-state index contributed by atoms with van der Waals surface area (Å²) >= 11 is 1.52. The fourth-order valence-electron chi connectivity index (χ4n) is 2.09. The zero-order valence-electron chi connectivity index (χ0n) is 13.1. The Morgan fingerprint density at radius 3 is 2.71 bits per heavy atom. The number of nitrogens with one attached hydrogen (secondary N) is 1. The SMILES string of the molecule is COC(=O)CC(=O)NC(COC=O)c1csc(-c2ccccc2)c1. The Labute approximate surface area is 143 Å². The Morgan fingerprint density at radius 1 is 1.29 bits per heavy atom. The van der Waals surface area contributed by atoms with Crippen molar-refractivity contribution in [3.05, 3.63) is 47.3 Å². The molecule has 1 aromatic heterocycles. The number of hydrogen-bond acceptors (Lipinski definition) is 6. The first kappa shape index (κ1) is 17.7. The molecule has 1 N–H and O–H groups in total. The van der Waals surface area contributed by atoms with Gasteiger partial charge in [0.05, 0.1) is 13.2 Å². The van der Waals surface area contributed by atoms with Crippen molar-refractivity contribution in [2.45, 2.75) is 12.5 Å². The second-order valence-electron chi connectivity index (χ2n) is 4.91. The van der Waals surface area contributed by atoms with Crippen molar-refractivity contribution in [2.24, 2.45) is 0 Å². The van der Waals surface area contributed by atoms with Gasteiger partial charge in [0.2, 0.25) is 5.91 Å². The summed E-state index contributed by atoms with van der Waals surface area (Å²) in [6, 6.07) is 11.2. The van der Waals surface area contributed by atoms with Crippen LogP contribution in [0.3, 0.4) is 0 Å². The molecule has 0 fully saturated rings. The lowest BCUT2D eigenvalue weighted by Gasteiger charge is -2.16. The molecule has 6 nitrogen and oxygen atoms in total. The molecule has 0 aliphatic carbocycles. The molecular formula is C17H17NO5S. The predicted octanol–water partition coefficient (Wildman–Crippen LogP) is 2.31. The Hall–Kier alpha value is -2.67. The standard InChI is InChI=1S/C17H17NO5S/c1-22-17(21)8-16(20)18-14(9-23-11-19)13-7-15(24-10-13)12-5-3-2-4-6-12/h2-7,10-11,14H,8-9H2,1H3,(H,18,20). The normalized spacial score (nSPS) is 11.4. The summed E-state index contributed by atoms with van der Waals surface area (Å²) < 4.78 is 9.26. The smallest absolute Gasteiger partial charge is 0.315 e. The van der Waals surface area contributed by atoms with Crippen LogP contribution in [0.1, 0.15) is 18.0 Å². The van der Waals surface area contributed by atoms with E-state index in [1.54, 1.807) is 0 Å². The van der Waals surface area contributed by atoms with Gasteiger partial charge in [0.25, 0.3) is 6.47 Å². The molecule has 0 spiro atoms. The minimum atomic E-state index is -0.627. The highest BCUT2D eigenvalue weighted by molar-refractivity contribution is 7.13. The van der Waals surface area contributed by atoms with Crippen molar-refractivity contribution in [1.29, 1.82) is 0 Å². The zero-order valence-corrected chi connectivity index (χ0v) is 13.9. The Morgan fingerprint density at radius 2 is 2.04 bits per heavy atom. The number of esters is 1. The van der Waals surface area contributed by atoms with E-state index in [-0.39, 0.29) is 13.0 Å². The molecular weight excluding hydrogens is 330 g/mol. The van der Waals surface area contributed by atoms with Crippen LogP contribution in [0.25, 0.3) is 10.4 Å². The second kappa shape index (κ2) is 8.83. The molecule has 0 saturated heterocycles. The summed E-state index contributed by atoms with van der Waals surface area (Å²) in [7, 11) is 1.22. The molecule has 24 heavy (non-hydrogen) atoms. The van der Waals surface area contributed by atoms with Crippen molar-refractivity contribution in [2.75, 3.05) is 13.7 Å². The molecule has 0 aliphatic rings. The third-order valence-electron chi connectivity index (χ3n) is 3.28. The number of thiophene rings is 1. The van der Waals surface area contributed by atoms with Crippen molar-refractivity contribution >= 4 is 29.7 Å². The highest BCUT2D eigenvalue weighted by Gasteiger charge is 2.19. The average Bonchev–Trinajstić information content (AvgIpc) is 3.09. The summed E-state index contributed by atoms with van der Waals surface area (Å²) in [4.78, 5) is 34.6. The maximum atomic E-state index is 11.9. The lowest BCUT2D eigenvalue weighted by atomic mass is 10.1. The Kier molecular flexibility index (Phi) is 6.51. The van der Waals surface area contributed by atoms with Crippen molar-refractivity contribution in [1.82, 2.24) is 5.32 Å². The van der Waals surface area contributed by atoms with Gasteiger partial charge in [-0.05, 0) is 22.6 Å². The molecule has 1 amide bonds. The minimum Gasteiger partial charge on any atom is -0.469 e. The zero-order chi connectivity index (χ0) is 17.4. The predicted molar refractivity (Wildman–Crippen MR) is 89.3 cm³/mol. The molecule has 1 unspecified atom stereocenters. The molecule has 0 radical (unpaired) electrons. The molecule has 1 aromatic carbocycles. The second-order valence-corrected chi connectivity index (χ2v) is 5.82. The van der Waals surface area contributed by atoms with Crippen LogP contribution >= 0.6 is 11.3 Å². The van der Waals surface area contributed by atoms with Crippen LogP contribution in [0.15, 0.2) is 41.8 Å². The van der Waals surface area contributed by atoms with Gasteiger partial charge in [-0.25, -0.2) is 0 Å². The minimum absolute atomic E-state index is 0.0125. The van der Waals surface area contributed by atoms with Gasteiger partial charge >= 0.3 is 5.97 Å². The number of carbonyl (C=O) groups is 3. The van der Waals surface area contributed by atoms with E-state index >= 15 is 0 Å². The fourth-order valence-corrected chi connectivity index (χ4v) is 3.06. The maximum Gasteiger partial charge on any atom is 0.315 e. The highest BCUT2D eigenvalue weighted by Crippen LogP contribution is 2.30. The van der Waals surface area contributed by atoms with Crippen LogP contribution < -0.4 is 5.32 Å². The molecule has 1 heterocycles. The number of ether oxygens (including phenoxy) is 2. The van der Waals surface area contributed by atoms with Crippen molar-refractivity contribution in [3.63, 3.8) is 0 Å². The molecule has 1 atom stereocenters. The van der Waals surface area contributed by atoms with Gasteiger partial charge in [0.15, 0.2) is 0 Å². The molecule has 7 heteroatoms. The summed E-state index contributed by atoms with van der Waals surface area (Å²) in [5.74, 6) is -1.12. The number of carbonyl (C=O) groups excluding carboxylic acids is 3. The molecule has 0 aliphatic heterocycles. The van der Waals surface area contributed by atoms with Crippen LogP contribution in [0.4, 0.5) is 0 Å². The largest absolute Gasteiger partial charge is 0.469 e. The molecule has 2 aromatic rings. The lowest BCUT2D eigenvalue weighted by molar-refractivity contribution is -0.144. The summed E-state index contributed by atoms with van der Waals surface area (Å²) in [5.41, 5.74) is 1.86. The number of rotatable bonds is 8. The van der Waals surface area contributed by atoms with E-state index < -0.39 is 17.9 Å². The maximum absolute atomic E-state index is 11.9. The number of methoxy groups -OCH3 is 1. The third-order valence-corrected chi connectivity index (χ3v) is 4.28. The molecule has 0 saturated carbocycles. The summed E-state index contributed by atoms with van der Waals surface area (Å²) in [5, 5.41) is 4.57. The van der Waals surface area contributed by atoms with Gasteiger partial charge in [-0.3, -0.25) is 14.4 Å². The topological polar surface area (TPSA) is 81.7 Å². The van der Waals surface area contributed by atoms with Gasteiger partial charge in [-0.2, -0.15) is 0 Å². The van der Waals surface area contributed by atoms with E-state index in [0.717, 1.165) is 16.0 Å². The van der Waals surface area contributed by atoms with Crippen LogP contribution in [-0.4, -0.2) is 32.1 Å². The summed E-state index contributed by atoms with van der Waals surface area (Å²) in [6.45, 7) is 0.311. The number of amides is 1. The monoisotopic (exact) mass is 347 g/mol. The average molecular weight is 347 g/mol. The van der Waals surface area contributed by atoms with Gasteiger partial charge in [0, 0.05) is 4.88 Å². The summed E-state index contributed by atoms with van der Waals surface area (Å²) in [6.07, 6.45) is -0.385. The van der Waals surface area contributed by atoms with E-state index in [9.17, 15) is 14.4 Å². The van der Waals surface area contributed by atoms with Crippen molar-refractivity contribution in [3.8, 4) is 10.4 Å². The van der Waals surface area contributed by atoms with Gasteiger partial charge in [0.1, 0.15) is 13.0 Å². The van der Waals surface area contributed by atoms with Crippen LogP contribution in [-0.2, 0) is 23.9 Å².